The van der Waals surface area contributed by atoms with Crippen LogP contribution in [0.4, 0.5) is 0 Å². The third-order valence-corrected chi connectivity index (χ3v) is 3.46. The molecule has 0 radical (unpaired) electrons. The van der Waals surface area contributed by atoms with Crippen molar-refractivity contribution < 1.29 is 14.3 Å². The van der Waals surface area contributed by atoms with Gasteiger partial charge in [0.2, 0.25) is 11.8 Å². The summed E-state index contributed by atoms with van der Waals surface area (Å²) in [5.41, 5.74) is 6.63. The minimum absolute atomic E-state index is 0.0260. The minimum Gasteiger partial charge on any atom is -0.493 e. The van der Waals surface area contributed by atoms with Gasteiger partial charge in [-0.05, 0) is 17.9 Å². The van der Waals surface area contributed by atoms with Crippen LogP contribution in [0.15, 0.2) is 24.3 Å². The first kappa shape index (κ1) is 20.0. The molecular formula is C18H29N3O3. The summed E-state index contributed by atoms with van der Waals surface area (Å²) < 4.78 is 5.75. The molecule has 1 rings (SSSR count). The van der Waals surface area contributed by atoms with Crippen molar-refractivity contribution in [2.45, 2.75) is 40.3 Å². The van der Waals surface area contributed by atoms with Gasteiger partial charge in [-0.25, -0.2) is 0 Å². The van der Waals surface area contributed by atoms with Crippen LogP contribution in [-0.2, 0) is 16.1 Å². The number of hydrogen-bond acceptors (Lipinski definition) is 4. The van der Waals surface area contributed by atoms with Crippen LogP contribution in [0.25, 0.3) is 0 Å². The fourth-order valence-electron chi connectivity index (χ4n) is 1.89. The predicted molar refractivity (Wildman–Crippen MR) is 94.4 cm³/mol. The zero-order valence-corrected chi connectivity index (χ0v) is 15.0. The third-order valence-electron chi connectivity index (χ3n) is 3.46. The molecule has 0 heterocycles. The summed E-state index contributed by atoms with van der Waals surface area (Å²) in [6.07, 6.45) is 0. The molecule has 6 heteroatoms. The van der Waals surface area contributed by atoms with E-state index >= 15 is 0 Å². The molecule has 1 aromatic rings. The molecular weight excluding hydrogens is 306 g/mol. The lowest BCUT2D eigenvalue weighted by molar-refractivity contribution is -0.127. The lowest BCUT2D eigenvalue weighted by Crippen LogP contribution is -2.47. The highest BCUT2D eigenvalue weighted by molar-refractivity contribution is 5.87. The molecule has 0 saturated carbocycles. The first-order valence-corrected chi connectivity index (χ1v) is 8.32. The molecule has 4 N–H and O–H groups in total. The van der Waals surface area contributed by atoms with Crippen LogP contribution in [0.2, 0.25) is 0 Å². The van der Waals surface area contributed by atoms with E-state index < -0.39 is 6.04 Å². The molecule has 0 unspecified atom stereocenters. The Bertz CT molecular complexity index is 544. The molecule has 0 aliphatic rings. The Kier molecular flexibility index (Phi) is 8.26. The minimum atomic E-state index is -0.608. The zero-order chi connectivity index (χ0) is 18.1. The molecule has 134 valence electrons. The highest BCUT2D eigenvalue weighted by Gasteiger charge is 2.17. The number of para-hydroxylation sites is 1. The number of ether oxygens (including phenoxy) is 1. The van der Waals surface area contributed by atoms with Gasteiger partial charge in [-0.2, -0.15) is 0 Å². The molecule has 0 bridgehead atoms. The number of benzene rings is 1. The Morgan fingerprint density at radius 3 is 2.42 bits per heavy atom. The number of carbonyl (C=O) groups is 2. The average Bonchev–Trinajstić information content (AvgIpc) is 2.55. The number of carbonyl (C=O) groups excluding carboxylic acids is 2. The Morgan fingerprint density at radius 2 is 1.79 bits per heavy atom. The highest BCUT2D eigenvalue weighted by atomic mass is 16.5. The van der Waals surface area contributed by atoms with Crippen LogP contribution in [0.5, 0.6) is 5.75 Å². The number of hydrogen-bond donors (Lipinski definition) is 3. The molecule has 0 saturated heterocycles. The van der Waals surface area contributed by atoms with Gasteiger partial charge in [0.05, 0.1) is 19.2 Å². The smallest absolute Gasteiger partial charge is 0.239 e. The third kappa shape index (κ3) is 7.00. The van der Waals surface area contributed by atoms with Crippen LogP contribution < -0.4 is 21.1 Å². The maximum atomic E-state index is 11.9. The summed E-state index contributed by atoms with van der Waals surface area (Å²) in [4.78, 5) is 23.6. The molecule has 0 aromatic heterocycles. The number of rotatable bonds is 9. The molecule has 2 amide bonds. The quantitative estimate of drug-likeness (QED) is 0.636. The summed E-state index contributed by atoms with van der Waals surface area (Å²) in [6, 6.07) is 6.97. The average molecular weight is 335 g/mol. The Labute approximate surface area is 144 Å². The fourth-order valence-corrected chi connectivity index (χ4v) is 1.89. The number of nitrogens with two attached hydrogens (primary N) is 1. The van der Waals surface area contributed by atoms with Crippen molar-refractivity contribution in [3.8, 4) is 5.75 Å². The molecule has 1 aromatic carbocycles. The standard InChI is InChI=1S/C18H29N3O3/c1-12(2)11-24-15-8-6-5-7-14(15)9-20-16(22)10-21-18(23)17(19)13(3)4/h5-8,12-13,17H,9-11,19H2,1-4H3,(H,20,22)(H,21,23)/t17-/m0/s1. The van der Waals surface area contributed by atoms with Crippen LogP contribution >= 0.6 is 0 Å². The second-order valence-electron chi connectivity index (χ2n) is 6.58. The van der Waals surface area contributed by atoms with E-state index in [1.807, 2.05) is 38.1 Å². The number of nitrogens with one attached hydrogen (secondary N) is 2. The van der Waals surface area contributed by atoms with Gasteiger partial charge in [-0.1, -0.05) is 45.9 Å². The molecule has 0 fully saturated rings. The molecule has 0 spiro atoms. The Hall–Kier alpha value is -2.08. The molecule has 0 aliphatic carbocycles. The highest BCUT2D eigenvalue weighted by Crippen LogP contribution is 2.18. The van der Waals surface area contributed by atoms with Gasteiger partial charge in [0.1, 0.15) is 5.75 Å². The van der Waals surface area contributed by atoms with Gasteiger partial charge in [-0.15, -0.1) is 0 Å². The monoisotopic (exact) mass is 335 g/mol. The van der Waals surface area contributed by atoms with E-state index in [0.29, 0.717) is 19.1 Å². The summed E-state index contributed by atoms with van der Waals surface area (Å²) in [7, 11) is 0. The lowest BCUT2D eigenvalue weighted by Gasteiger charge is -2.16. The van der Waals surface area contributed by atoms with Gasteiger partial charge in [0, 0.05) is 12.1 Å². The largest absolute Gasteiger partial charge is 0.493 e. The van der Waals surface area contributed by atoms with Gasteiger partial charge in [0.25, 0.3) is 0 Å². The van der Waals surface area contributed by atoms with E-state index in [1.54, 1.807) is 0 Å². The second kappa shape index (κ2) is 9.93. The van der Waals surface area contributed by atoms with Gasteiger partial charge in [0.15, 0.2) is 0 Å². The topological polar surface area (TPSA) is 93.5 Å². The van der Waals surface area contributed by atoms with E-state index in [4.69, 9.17) is 10.5 Å². The van der Waals surface area contributed by atoms with E-state index in [9.17, 15) is 9.59 Å². The van der Waals surface area contributed by atoms with Crippen molar-refractivity contribution >= 4 is 11.8 Å². The van der Waals surface area contributed by atoms with Crippen molar-refractivity contribution in [3.63, 3.8) is 0 Å². The van der Waals surface area contributed by atoms with Crippen molar-refractivity contribution in [1.29, 1.82) is 0 Å². The van der Waals surface area contributed by atoms with Crippen molar-refractivity contribution in [1.82, 2.24) is 10.6 Å². The van der Waals surface area contributed by atoms with Crippen LogP contribution in [0.3, 0.4) is 0 Å². The second-order valence-corrected chi connectivity index (χ2v) is 6.58. The SMILES string of the molecule is CC(C)COc1ccccc1CNC(=O)CNC(=O)[C@@H](N)C(C)C. The molecule has 0 aliphatic heterocycles. The van der Waals surface area contributed by atoms with Crippen LogP contribution in [0, 0.1) is 11.8 Å². The fraction of sp³-hybridized carbons (Fsp3) is 0.556. The first-order chi connectivity index (χ1) is 11.3. The number of amides is 2. The van der Waals surface area contributed by atoms with Crippen LogP contribution in [0.1, 0.15) is 33.3 Å². The molecule has 6 nitrogen and oxygen atoms in total. The Balaban J connectivity index is 2.46. The maximum absolute atomic E-state index is 11.9. The maximum Gasteiger partial charge on any atom is 0.239 e. The van der Waals surface area contributed by atoms with Gasteiger partial charge in [-0.3, -0.25) is 9.59 Å². The van der Waals surface area contributed by atoms with E-state index in [1.165, 1.54) is 0 Å². The van der Waals surface area contributed by atoms with Crippen molar-refractivity contribution in [3.05, 3.63) is 29.8 Å². The summed E-state index contributed by atoms with van der Waals surface area (Å²) in [6.45, 7) is 8.75. The summed E-state index contributed by atoms with van der Waals surface area (Å²) in [5.74, 6) is 0.627. The van der Waals surface area contributed by atoms with Gasteiger partial charge >= 0.3 is 0 Å². The van der Waals surface area contributed by atoms with Gasteiger partial charge < -0.3 is 21.1 Å². The Morgan fingerprint density at radius 1 is 1.12 bits per heavy atom. The molecule has 1 atom stereocenters. The van der Waals surface area contributed by atoms with E-state index in [-0.39, 0.29) is 24.3 Å². The predicted octanol–water partition coefficient (Wildman–Crippen LogP) is 1.44. The van der Waals surface area contributed by atoms with E-state index in [0.717, 1.165) is 11.3 Å². The summed E-state index contributed by atoms with van der Waals surface area (Å²) >= 11 is 0. The van der Waals surface area contributed by atoms with Crippen molar-refractivity contribution in [2.75, 3.05) is 13.2 Å². The van der Waals surface area contributed by atoms with Crippen LogP contribution in [-0.4, -0.2) is 31.0 Å². The summed E-state index contributed by atoms with van der Waals surface area (Å²) in [5, 5.41) is 5.32. The lowest BCUT2D eigenvalue weighted by atomic mass is 10.1. The normalized spacial score (nSPS) is 12.1. The van der Waals surface area contributed by atoms with Crippen molar-refractivity contribution in [2.24, 2.45) is 17.6 Å². The molecule has 24 heavy (non-hydrogen) atoms. The first-order valence-electron chi connectivity index (χ1n) is 8.32. The zero-order valence-electron chi connectivity index (χ0n) is 15.0. The van der Waals surface area contributed by atoms with E-state index in [2.05, 4.69) is 24.5 Å².